The topological polar surface area (TPSA) is 69.6 Å². The van der Waals surface area contributed by atoms with Gasteiger partial charge in [0.1, 0.15) is 12.2 Å². The van der Waals surface area contributed by atoms with Gasteiger partial charge in [-0.2, -0.15) is 4.98 Å². The van der Waals surface area contributed by atoms with E-state index in [4.69, 9.17) is 16.1 Å². The molecule has 0 spiro atoms. The Hall–Kier alpha value is -1.43. The maximum atomic E-state index is 5.90. The molecule has 6 nitrogen and oxygen atoms in total. The van der Waals surface area contributed by atoms with Gasteiger partial charge in [-0.05, 0) is 6.92 Å². The van der Waals surface area contributed by atoms with E-state index >= 15 is 0 Å². The Labute approximate surface area is 104 Å². The van der Waals surface area contributed by atoms with Crippen LogP contribution >= 0.6 is 11.6 Å². The fraction of sp³-hybridized carbons (Fsp3) is 0.600. The second-order valence-corrected chi connectivity index (χ2v) is 4.81. The van der Waals surface area contributed by atoms with E-state index in [2.05, 4.69) is 20.5 Å². The molecule has 0 saturated heterocycles. The third-order valence-corrected chi connectivity index (χ3v) is 2.48. The lowest BCUT2D eigenvalue weighted by atomic mass is 10.2. The molecule has 0 fully saturated rings. The molecule has 2 rings (SSSR count). The molecular weight excluding hydrogens is 242 g/mol. The molecule has 0 aliphatic rings. The van der Waals surface area contributed by atoms with Crippen LogP contribution in [0.4, 0.5) is 0 Å². The molecule has 1 unspecified atom stereocenters. The lowest BCUT2D eigenvalue weighted by Crippen LogP contribution is -2.01. The number of halogens is 1. The van der Waals surface area contributed by atoms with Gasteiger partial charge in [0.05, 0.1) is 11.6 Å². The van der Waals surface area contributed by atoms with Gasteiger partial charge in [-0.3, -0.25) is 0 Å². The highest BCUT2D eigenvalue weighted by atomic mass is 35.5. The van der Waals surface area contributed by atoms with E-state index in [9.17, 15) is 0 Å². The van der Waals surface area contributed by atoms with Crippen LogP contribution in [-0.4, -0.2) is 25.1 Å². The molecule has 0 saturated carbocycles. The van der Waals surface area contributed by atoms with E-state index in [1.165, 1.54) is 0 Å². The first-order valence-electron chi connectivity index (χ1n) is 5.43. The molecule has 0 N–H and O–H groups in total. The first kappa shape index (κ1) is 12.0. The fourth-order valence-electron chi connectivity index (χ4n) is 1.28. The van der Waals surface area contributed by atoms with Crippen molar-refractivity contribution in [3.8, 4) is 0 Å². The minimum atomic E-state index is -0.155. The number of hydrogen-bond acceptors (Lipinski definition) is 5. The molecule has 0 bridgehead atoms. The van der Waals surface area contributed by atoms with Crippen LogP contribution in [0, 0.1) is 0 Å². The summed E-state index contributed by atoms with van der Waals surface area (Å²) in [5.41, 5.74) is 0.732. The summed E-state index contributed by atoms with van der Waals surface area (Å²) in [6.07, 6.45) is 1.77. The summed E-state index contributed by atoms with van der Waals surface area (Å²) in [5, 5.41) is 11.6. The molecule has 0 amide bonds. The van der Waals surface area contributed by atoms with Crippen molar-refractivity contribution < 1.29 is 4.52 Å². The van der Waals surface area contributed by atoms with Crippen molar-refractivity contribution in [2.24, 2.45) is 0 Å². The van der Waals surface area contributed by atoms with Gasteiger partial charge in [-0.1, -0.05) is 24.2 Å². The molecule has 0 aliphatic carbocycles. The van der Waals surface area contributed by atoms with Crippen LogP contribution in [0.15, 0.2) is 10.7 Å². The molecule has 1 atom stereocenters. The average molecular weight is 256 g/mol. The van der Waals surface area contributed by atoms with E-state index in [0.29, 0.717) is 18.3 Å². The molecule has 2 heterocycles. The van der Waals surface area contributed by atoms with Gasteiger partial charge < -0.3 is 4.52 Å². The first-order valence-corrected chi connectivity index (χ1v) is 5.86. The Bertz CT molecular complexity index is 446. The fourth-order valence-corrected chi connectivity index (χ4v) is 1.38. The normalized spacial score (nSPS) is 13.2. The van der Waals surface area contributed by atoms with E-state index in [1.807, 2.05) is 20.8 Å². The minimum absolute atomic E-state index is 0.155. The summed E-state index contributed by atoms with van der Waals surface area (Å²) in [4.78, 5) is 4.26. The SMILES string of the molecule is CC(C)c1noc(Cn2cc(C(C)Cl)nn2)n1. The number of hydrogen-bond donors (Lipinski definition) is 0. The monoisotopic (exact) mass is 255 g/mol. The van der Waals surface area contributed by atoms with E-state index in [-0.39, 0.29) is 11.3 Å². The molecule has 0 aromatic carbocycles. The van der Waals surface area contributed by atoms with Crippen molar-refractivity contribution in [3.05, 3.63) is 23.6 Å². The van der Waals surface area contributed by atoms with Crippen LogP contribution in [0.2, 0.25) is 0 Å². The zero-order chi connectivity index (χ0) is 12.4. The minimum Gasteiger partial charge on any atom is -0.337 e. The Morgan fingerprint density at radius 1 is 1.41 bits per heavy atom. The van der Waals surface area contributed by atoms with Crippen molar-refractivity contribution in [1.82, 2.24) is 25.1 Å². The van der Waals surface area contributed by atoms with Crippen molar-refractivity contribution in [3.63, 3.8) is 0 Å². The van der Waals surface area contributed by atoms with Crippen molar-refractivity contribution in [2.45, 2.75) is 38.6 Å². The highest BCUT2D eigenvalue weighted by Gasteiger charge is 2.12. The van der Waals surface area contributed by atoms with Gasteiger partial charge in [-0.15, -0.1) is 16.7 Å². The molecule has 2 aromatic heterocycles. The van der Waals surface area contributed by atoms with E-state index in [1.54, 1.807) is 10.9 Å². The number of rotatable bonds is 4. The van der Waals surface area contributed by atoms with Gasteiger partial charge in [-0.25, -0.2) is 4.68 Å². The number of aromatic nitrogens is 5. The summed E-state index contributed by atoms with van der Waals surface area (Å²) in [6, 6.07) is 0. The molecule has 0 radical (unpaired) electrons. The van der Waals surface area contributed by atoms with Crippen LogP contribution in [0.1, 0.15) is 49.5 Å². The second-order valence-electron chi connectivity index (χ2n) is 4.16. The highest BCUT2D eigenvalue weighted by molar-refractivity contribution is 6.20. The van der Waals surface area contributed by atoms with E-state index in [0.717, 1.165) is 5.69 Å². The largest absolute Gasteiger partial charge is 0.337 e. The Balaban J connectivity index is 2.08. The predicted molar refractivity (Wildman–Crippen MR) is 61.8 cm³/mol. The Kier molecular flexibility index (Phi) is 3.42. The van der Waals surface area contributed by atoms with Crippen molar-refractivity contribution >= 4 is 11.6 Å². The number of alkyl halides is 1. The summed E-state index contributed by atoms with van der Waals surface area (Å²) >= 11 is 5.90. The third-order valence-electron chi connectivity index (χ3n) is 2.26. The summed E-state index contributed by atoms with van der Waals surface area (Å²) in [7, 11) is 0. The van der Waals surface area contributed by atoms with Crippen molar-refractivity contribution in [1.29, 1.82) is 0 Å². The van der Waals surface area contributed by atoms with Crippen LogP contribution in [0.25, 0.3) is 0 Å². The van der Waals surface area contributed by atoms with E-state index < -0.39 is 0 Å². The van der Waals surface area contributed by atoms with Gasteiger partial charge in [0, 0.05) is 5.92 Å². The summed E-state index contributed by atoms with van der Waals surface area (Å²) in [5.74, 6) is 1.47. The molecule has 92 valence electrons. The second kappa shape index (κ2) is 4.83. The molecule has 0 aliphatic heterocycles. The summed E-state index contributed by atoms with van der Waals surface area (Å²) < 4.78 is 6.75. The van der Waals surface area contributed by atoms with Gasteiger partial charge >= 0.3 is 0 Å². The molecular formula is C10H14ClN5O. The predicted octanol–water partition coefficient (Wildman–Crippen LogP) is 2.13. The third kappa shape index (κ3) is 2.82. The first-order chi connectivity index (χ1) is 8.06. The number of nitrogens with zero attached hydrogens (tertiary/aromatic N) is 5. The van der Waals surface area contributed by atoms with Crippen molar-refractivity contribution in [2.75, 3.05) is 0 Å². The van der Waals surface area contributed by atoms with Crippen LogP contribution in [-0.2, 0) is 6.54 Å². The van der Waals surface area contributed by atoms with Crippen LogP contribution in [0.5, 0.6) is 0 Å². The maximum Gasteiger partial charge on any atom is 0.248 e. The molecule has 17 heavy (non-hydrogen) atoms. The van der Waals surface area contributed by atoms with Crippen LogP contribution < -0.4 is 0 Å². The zero-order valence-electron chi connectivity index (χ0n) is 9.96. The molecule has 7 heteroatoms. The maximum absolute atomic E-state index is 5.90. The zero-order valence-corrected chi connectivity index (χ0v) is 10.7. The smallest absolute Gasteiger partial charge is 0.248 e. The van der Waals surface area contributed by atoms with Gasteiger partial charge in [0.25, 0.3) is 0 Å². The lowest BCUT2D eigenvalue weighted by Gasteiger charge is -1.94. The Morgan fingerprint density at radius 2 is 2.18 bits per heavy atom. The quantitative estimate of drug-likeness (QED) is 0.783. The van der Waals surface area contributed by atoms with Gasteiger partial charge in [0.15, 0.2) is 5.82 Å². The standard InChI is InChI=1S/C10H14ClN5O/c1-6(2)10-12-9(17-14-10)5-16-4-8(7(3)11)13-15-16/h4,6-7H,5H2,1-3H3. The van der Waals surface area contributed by atoms with Crippen LogP contribution in [0.3, 0.4) is 0 Å². The highest BCUT2D eigenvalue weighted by Crippen LogP contribution is 2.16. The lowest BCUT2D eigenvalue weighted by molar-refractivity contribution is 0.358. The van der Waals surface area contributed by atoms with Gasteiger partial charge in [0.2, 0.25) is 5.89 Å². The Morgan fingerprint density at radius 3 is 2.71 bits per heavy atom. The molecule has 2 aromatic rings. The summed E-state index contributed by atoms with van der Waals surface area (Å²) in [6.45, 7) is 6.28. The average Bonchev–Trinajstić information content (AvgIpc) is 2.87.